The molecule has 1 aromatic rings. The number of amides is 1. The summed E-state index contributed by atoms with van der Waals surface area (Å²) in [4.78, 5) is 22.7. The fourth-order valence-electron chi connectivity index (χ4n) is 1.72. The van der Waals surface area contributed by atoms with E-state index in [9.17, 15) is 27.2 Å². The number of benzene rings is 1. The van der Waals surface area contributed by atoms with Gasteiger partial charge in [-0.1, -0.05) is 0 Å². The van der Waals surface area contributed by atoms with Crippen molar-refractivity contribution in [1.82, 2.24) is 5.32 Å². The number of ether oxygens (including phenoxy) is 1. The number of carbonyl (C=O) groups excluding carboxylic acids is 2. The van der Waals surface area contributed by atoms with Crippen LogP contribution in [0.15, 0.2) is 37.8 Å². The van der Waals surface area contributed by atoms with E-state index in [1.54, 1.807) is 0 Å². The molecule has 0 atom stereocenters. The number of amidine groups is 1. The van der Waals surface area contributed by atoms with Crippen molar-refractivity contribution in [1.29, 1.82) is 0 Å². The van der Waals surface area contributed by atoms with Crippen molar-refractivity contribution in [2.75, 3.05) is 7.11 Å². The Bertz CT molecular complexity index is 853. The molecular formula is C14H8BrF4N3O3S. The first-order chi connectivity index (χ1) is 12.1. The number of thioether (sulfide) groups is 1. The van der Waals surface area contributed by atoms with Gasteiger partial charge in [0.2, 0.25) is 0 Å². The molecule has 0 saturated carbocycles. The van der Waals surface area contributed by atoms with Crippen LogP contribution in [-0.4, -0.2) is 30.4 Å². The summed E-state index contributed by atoms with van der Waals surface area (Å²) in [5, 5.41) is 9.07. The van der Waals surface area contributed by atoms with E-state index >= 15 is 0 Å². The third-order valence-corrected chi connectivity index (χ3v) is 4.39. The smallest absolute Gasteiger partial charge is 0.417 e. The highest BCUT2D eigenvalue weighted by atomic mass is 79.9. The van der Waals surface area contributed by atoms with Crippen LogP contribution in [0.4, 0.5) is 17.6 Å². The second-order valence-electron chi connectivity index (χ2n) is 4.56. The molecule has 1 heterocycles. The zero-order valence-electron chi connectivity index (χ0n) is 12.7. The van der Waals surface area contributed by atoms with Gasteiger partial charge in [0.15, 0.2) is 5.17 Å². The fraction of sp³-hybridized carbons (Fsp3) is 0.143. The summed E-state index contributed by atoms with van der Waals surface area (Å²) in [5.74, 6) is -2.57. The van der Waals surface area contributed by atoms with Crippen molar-refractivity contribution >= 4 is 51.0 Å². The summed E-state index contributed by atoms with van der Waals surface area (Å²) >= 11 is 3.52. The molecule has 0 radical (unpaired) electrons. The van der Waals surface area contributed by atoms with Gasteiger partial charge in [0.05, 0.1) is 28.3 Å². The highest BCUT2D eigenvalue weighted by Crippen LogP contribution is 2.34. The SMILES string of the molecule is COC(=O)/C=C1/S/C(=N\N=Cc2c(C(F)(F)F)ccc(Br)c2F)NC1=O. The maximum absolute atomic E-state index is 14.0. The average molecular weight is 454 g/mol. The van der Waals surface area contributed by atoms with E-state index in [1.165, 1.54) is 0 Å². The lowest BCUT2D eigenvalue weighted by atomic mass is 10.1. The van der Waals surface area contributed by atoms with Crippen molar-refractivity contribution in [3.05, 3.63) is 44.5 Å². The van der Waals surface area contributed by atoms with Crippen molar-refractivity contribution in [3.8, 4) is 0 Å². The van der Waals surface area contributed by atoms with Gasteiger partial charge in [-0.05, 0) is 39.8 Å². The molecule has 0 aliphatic carbocycles. The average Bonchev–Trinajstić information content (AvgIpc) is 2.90. The van der Waals surface area contributed by atoms with Gasteiger partial charge in [-0.15, -0.1) is 5.10 Å². The number of hydrogen-bond donors (Lipinski definition) is 1. The molecule has 12 heteroatoms. The Hall–Kier alpha value is -2.21. The number of nitrogens with one attached hydrogen (secondary N) is 1. The maximum Gasteiger partial charge on any atom is 0.417 e. The fourth-order valence-corrected chi connectivity index (χ4v) is 2.80. The standard InChI is InChI=1S/C14H8BrF4N3O3S/c1-25-10(23)4-9-12(24)21-13(26-9)22-20-5-6-7(14(17,18)19)2-3-8(15)11(6)16/h2-5H,1H3,(H,21,22,24)/b9-4+,20-5?. The van der Waals surface area contributed by atoms with Crippen molar-refractivity contribution in [3.63, 3.8) is 0 Å². The van der Waals surface area contributed by atoms with Gasteiger partial charge in [-0.25, -0.2) is 9.18 Å². The quantitative estimate of drug-likeness (QED) is 0.250. The lowest BCUT2D eigenvalue weighted by Gasteiger charge is -2.11. The van der Waals surface area contributed by atoms with E-state index in [4.69, 9.17) is 0 Å². The predicted octanol–water partition coefficient (Wildman–Crippen LogP) is 3.22. The highest BCUT2D eigenvalue weighted by molar-refractivity contribution is 9.10. The molecule has 1 amide bonds. The molecule has 1 aliphatic heterocycles. The van der Waals surface area contributed by atoms with Crippen LogP contribution >= 0.6 is 27.7 Å². The molecule has 1 N–H and O–H groups in total. The van der Waals surface area contributed by atoms with Crippen LogP contribution in [0.2, 0.25) is 0 Å². The van der Waals surface area contributed by atoms with Gasteiger partial charge < -0.3 is 4.74 Å². The zero-order chi connectivity index (χ0) is 19.5. The van der Waals surface area contributed by atoms with Gasteiger partial charge in [0.1, 0.15) is 5.82 Å². The lowest BCUT2D eigenvalue weighted by molar-refractivity contribution is -0.138. The molecule has 1 aliphatic rings. The first-order valence-electron chi connectivity index (χ1n) is 6.58. The van der Waals surface area contributed by atoms with E-state index < -0.39 is 35.0 Å². The number of carbonyl (C=O) groups is 2. The Morgan fingerprint density at radius 2 is 2.08 bits per heavy atom. The Morgan fingerprint density at radius 3 is 2.69 bits per heavy atom. The Kier molecular flexibility index (Phi) is 6.18. The number of hydrogen-bond acceptors (Lipinski definition) is 6. The largest absolute Gasteiger partial charge is 0.466 e. The molecular weight excluding hydrogens is 446 g/mol. The van der Waals surface area contributed by atoms with Gasteiger partial charge in [0.25, 0.3) is 5.91 Å². The summed E-state index contributed by atoms with van der Waals surface area (Å²) in [6, 6.07) is 1.63. The molecule has 0 unspecified atom stereocenters. The third kappa shape index (κ3) is 4.69. The third-order valence-electron chi connectivity index (χ3n) is 2.87. The number of esters is 1. The van der Waals surface area contributed by atoms with Crippen LogP contribution < -0.4 is 5.32 Å². The molecule has 2 rings (SSSR count). The van der Waals surface area contributed by atoms with Crippen LogP contribution in [0.25, 0.3) is 0 Å². The van der Waals surface area contributed by atoms with E-state index in [2.05, 4.69) is 36.2 Å². The van der Waals surface area contributed by atoms with Gasteiger partial charge in [-0.2, -0.15) is 18.3 Å². The number of alkyl halides is 3. The van der Waals surface area contributed by atoms with Gasteiger partial charge in [0, 0.05) is 11.6 Å². The van der Waals surface area contributed by atoms with Crippen LogP contribution in [0, 0.1) is 5.82 Å². The van der Waals surface area contributed by atoms with Crippen LogP contribution in [0.5, 0.6) is 0 Å². The maximum atomic E-state index is 14.0. The molecule has 1 saturated heterocycles. The first-order valence-corrected chi connectivity index (χ1v) is 8.19. The second-order valence-corrected chi connectivity index (χ2v) is 6.44. The topological polar surface area (TPSA) is 80.1 Å². The van der Waals surface area contributed by atoms with Gasteiger partial charge in [-0.3, -0.25) is 10.1 Å². The molecule has 0 bridgehead atoms. The minimum absolute atomic E-state index is 0.0320. The Balaban J connectivity index is 2.28. The van der Waals surface area contributed by atoms with E-state index in [-0.39, 0.29) is 14.5 Å². The Morgan fingerprint density at radius 1 is 1.38 bits per heavy atom. The molecule has 1 fully saturated rings. The monoisotopic (exact) mass is 453 g/mol. The molecule has 0 spiro atoms. The Labute approximate surface area is 156 Å². The highest BCUT2D eigenvalue weighted by Gasteiger charge is 2.34. The zero-order valence-corrected chi connectivity index (χ0v) is 15.1. The summed E-state index contributed by atoms with van der Waals surface area (Å²) in [6.07, 6.45) is -3.28. The van der Waals surface area contributed by atoms with Crippen LogP contribution in [0.1, 0.15) is 11.1 Å². The number of methoxy groups -OCH3 is 1. The lowest BCUT2D eigenvalue weighted by Crippen LogP contribution is -2.19. The predicted molar refractivity (Wildman–Crippen MR) is 90.0 cm³/mol. The second kappa shape index (κ2) is 7.99. The molecule has 1 aromatic carbocycles. The van der Waals surface area contributed by atoms with Crippen LogP contribution in [-0.2, 0) is 20.5 Å². The molecule has 138 valence electrons. The van der Waals surface area contributed by atoms with E-state index in [1.807, 2.05) is 0 Å². The first kappa shape index (κ1) is 20.1. The van der Waals surface area contributed by atoms with Gasteiger partial charge >= 0.3 is 12.1 Å². The molecule has 6 nitrogen and oxygen atoms in total. The van der Waals surface area contributed by atoms with Crippen LogP contribution in [0.3, 0.4) is 0 Å². The summed E-state index contributed by atoms with van der Waals surface area (Å²) < 4.78 is 57.0. The molecule has 26 heavy (non-hydrogen) atoms. The van der Waals surface area contributed by atoms with E-state index in [0.29, 0.717) is 12.3 Å². The van der Waals surface area contributed by atoms with Crippen molar-refractivity contribution < 1.29 is 31.9 Å². The summed E-state index contributed by atoms with van der Waals surface area (Å²) in [5.41, 5.74) is -2.03. The van der Waals surface area contributed by atoms with E-state index in [0.717, 1.165) is 31.0 Å². The number of rotatable bonds is 3. The minimum atomic E-state index is -4.79. The summed E-state index contributed by atoms with van der Waals surface area (Å²) in [7, 11) is 1.13. The minimum Gasteiger partial charge on any atom is -0.466 e. The number of nitrogens with zero attached hydrogens (tertiary/aromatic N) is 2. The normalized spacial score (nSPS) is 18.0. The summed E-state index contributed by atoms with van der Waals surface area (Å²) in [6.45, 7) is 0. The number of halogens is 5. The van der Waals surface area contributed by atoms with Crippen molar-refractivity contribution in [2.24, 2.45) is 10.2 Å². The molecule has 0 aromatic heterocycles. The van der Waals surface area contributed by atoms with Crippen molar-refractivity contribution in [2.45, 2.75) is 6.18 Å².